The van der Waals surface area contributed by atoms with Crippen molar-refractivity contribution in [2.24, 2.45) is 0 Å². The summed E-state index contributed by atoms with van der Waals surface area (Å²) in [5.41, 5.74) is 5.56. The Morgan fingerprint density at radius 1 is 1.44 bits per heavy atom. The van der Waals surface area contributed by atoms with Crippen LogP contribution in [0.15, 0.2) is 12.3 Å². The molecule has 5 heteroatoms. The van der Waals surface area contributed by atoms with Gasteiger partial charge in [0.25, 0.3) is 0 Å². The van der Waals surface area contributed by atoms with Crippen LogP contribution >= 0.6 is 0 Å². The van der Waals surface area contributed by atoms with Crippen LogP contribution in [0.25, 0.3) is 0 Å². The van der Waals surface area contributed by atoms with E-state index in [9.17, 15) is 4.79 Å². The highest BCUT2D eigenvalue weighted by molar-refractivity contribution is 5.80. The molecule has 1 atom stereocenters. The molecule has 0 saturated heterocycles. The third-order valence-electron chi connectivity index (χ3n) is 3.61. The van der Waals surface area contributed by atoms with Gasteiger partial charge in [0.15, 0.2) is 0 Å². The second kappa shape index (κ2) is 5.89. The van der Waals surface area contributed by atoms with Crippen LogP contribution in [0.3, 0.4) is 0 Å². The van der Waals surface area contributed by atoms with E-state index in [-0.39, 0.29) is 11.9 Å². The van der Waals surface area contributed by atoms with Gasteiger partial charge in [0.05, 0.1) is 0 Å². The summed E-state index contributed by atoms with van der Waals surface area (Å²) >= 11 is 0. The number of nitrogens with zero attached hydrogens (tertiary/aromatic N) is 2. The van der Waals surface area contributed by atoms with Crippen molar-refractivity contribution in [3.8, 4) is 0 Å². The second-order valence-electron chi connectivity index (χ2n) is 5.09. The number of hydrogen-bond acceptors (Lipinski definition) is 3. The van der Waals surface area contributed by atoms with E-state index >= 15 is 0 Å². The lowest BCUT2D eigenvalue weighted by atomic mass is 10.1. The largest absolute Gasteiger partial charge is 0.382 e. The first kappa shape index (κ1) is 12.9. The van der Waals surface area contributed by atoms with E-state index in [0.717, 1.165) is 12.8 Å². The Balaban J connectivity index is 1.90. The molecule has 0 spiro atoms. The van der Waals surface area contributed by atoms with Crippen molar-refractivity contribution in [3.05, 3.63) is 12.3 Å². The van der Waals surface area contributed by atoms with E-state index in [4.69, 9.17) is 5.73 Å². The van der Waals surface area contributed by atoms with Gasteiger partial charge in [0.1, 0.15) is 11.9 Å². The molecule has 5 nitrogen and oxygen atoms in total. The van der Waals surface area contributed by atoms with Crippen LogP contribution < -0.4 is 11.1 Å². The molecule has 1 aliphatic rings. The monoisotopic (exact) mass is 250 g/mol. The number of carbonyl (C=O) groups is 1. The molecule has 0 bridgehead atoms. The predicted octanol–water partition coefficient (Wildman–Crippen LogP) is 1.87. The molecule has 1 aromatic rings. The minimum atomic E-state index is -0.300. The molecule has 1 fully saturated rings. The molecule has 1 aliphatic carbocycles. The number of nitrogens with one attached hydrogen (secondary N) is 1. The first-order chi connectivity index (χ1) is 8.66. The van der Waals surface area contributed by atoms with Crippen molar-refractivity contribution in [1.82, 2.24) is 15.1 Å². The van der Waals surface area contributed by atoms with Gasteiger partial charge in [-0.2, -0.15) is 5.10 Å². The van der Waals surface area contributed by atoms with Crippen molar-refractivity contribution < 1.29 is 4.79 Å². The Morgan fingerprint density at radius 2 is 2.11 bits per heavy atom. The minimum Gasteiger partial charge on any atom is -0.382 e. The highest BCUT2D eigenvalue weighted by Crippen LogP contribution is 2.18. The van der Waals surface area contributed by atoms with Gasteiger partial charge < -0.3 is 11.1 Å². The maximum absolute atomic E-state index is 12.1. The number of anilines is 1. The molecule has 1 unspecified atom stereocenters. The molecular formula is C13H22N4O. The van der Waals surface area contributed by atoms with E-state index in [1.807, 2.05) is 6.92 Å². The molecule has 1 amide bonds. The number of nitrogen functional groups attached to an aromatic ring is 1. The molecule has 0 radical (unpaired) electrons. The maximum Gasteiger partial charge on any atom is 0.244 e. The minimum absolute atomic E-state index is 0.0324. The summed E-state index contributed by atoms with van der Waals surface area (Å²) in [5, 5.41) is 7.20. The molecule has 0 aromatic carbocycles. The van der Waals surface area contributed by atoms with Crippen LogP contribution in [0, 0.1) is 0 Å². The lowest BCUT2D eigenvalue weighted by molar-refractivity contribution is -0.124. The van der Waals surface area contributed by atoms with Gasteiger partial charge in [0, 0.05) is 12.2 Å². The van der Waals surface area contributed by atoms with Crippen molar-refractivity contribution >= 4 is 11.7 Å². The van der Waals surface area contributed by atoms with Crippen molar-refractivity contribution in [3.63, 3.8) is 0 Å². The Kier molecular flexibility index (Phi) is 4.23. The molecule has 2 rings (SSSR count). The van der Waals surface area contributed by atoms with E-state index in [2.05, 4.69) is 10.4 Å². The molecule has 1 heterocycles. The lowest BCUT2D eigenvalue weighted by Crippen LogP contribution is -2.38. The summed E-state index contributed by atoms with van der Waals surface area (Å²) in [4.78, 5) is 12.1. The van der Waals surface area contributed by atoms with E-state index < -0.39 is 0 Å². The van der Waals surface area contributed by atoms with Gasteiger partial charge in [-0.3, -0.25) is 9.48 Å². The van der Waals surface area contributed by atoms with Crippen LogP contribution in [-0.4, -0.2) is 21.7 Å². The third-order valence-corrected chi connectivity index (χ3v) is 3.61. The number of hydrogen-bond donors (Lipinski definition) is 2. The number of rotatable bonds is 3. The predicted molar refractivity (Wildman–Crippen MR) is 71.0 cm³/mol. The van der Waals surface area contributed by atoms with Gasteiger partial charge in [-0.15, -0.1) is 0 Å². The summed E-state index contributed by atoms with van der Waals surface area (Å²) in [6.45, 7) is 1.85. The maximum atomic E-state index is 12.1. The van der Waals surface area contributed by atoms with E-state index in [1.54, 1.807) is 16.9 Å². The van der Waals surface area contributed by atoms with Gasteiger partial charge in [0.2, 0.25) is 5.91 Å². The number of aromatic nitrogens is 2. The molecule has 1 saturated carbocycles. The molecular weight excluding hydrogens is 228 g/mol. The Labute approximate surface area is 108 Å². The Morgan fingerprint density at radius 3 is 2.67 bits per heavy atom. The fourth-order valence-corrected chi connectivity index (χ4v) is 2.43. The van der Waals surface area contributed by atoms with Crippen LogP contribution in [0.2, 0.25) is 0 Å². The second-order valence-corrected chi connectivity index (χ2v) is 5.09. The Hall–Kier alpha value is -1.52. The first-order valence-electron chi connectivity index (χ1n) is 6.78. The fourth-order valence-electron chi connectivity index (χ4n) is 2.43. The lowest BCUT2D eigenvalue weighted by Gasteiger charge is -2.19. The average molecular weight is 250 g/mol. The van der Waals surface area contributed by atoms with E-state index in [1.165, 1.54) is 25.7 Å². The van der Waals surface area contributed by atoms with Crippen LogP contribution in [0.4, 0.5) is 5.82 Å². The summed E-state index contributed by atoms with van der Waals surface area (Å²) in [5.74, 6) is 0.481. The smallest absolute Gasteiger partial charge is 0.244 e. The SMILES string of the molecule is CC(C(=O)NC1CCCCCC1)n1ccc(N)n1. The summed E-state index contributed by atoms with van der Waals surface area (Å²) in [6, 6.07) is 1.73. The van der Waals surface area contributed by atoms with Gasteiger partial charge in [-0.1, -0.05) is 25.7 Å². The highest BCUT2D eigenvalue weighted by Gasteiger charge is 2.20. The van der Waals surface area contributed by atoms with Crippen LogP contribution in [-0.2, 0) is 4.79 Å². The zero-order valence-electron chi connectivity index (χ0n) is 10.9. The third kappa shape index (κ3) is 3.24. The molecule has 100 valence electrons. The molecule has 0 aliphatic heterocycles. The first-order valence-corrected chi connectivity index (χ1v) is 6.78. The number of nitrogens with two attached hydrogens (primary N) is 1. The van der Waals surface area contributed by atoms with Crippen molar-refractivity contribution in [2.75, 3.05) is 5.73 Å². The van der Waals surface area contributed by atoms with Crippen LogP contribution in [0.1, 0.15) is 51.5 Å². The Bertz CT molecular complexity index is 393. The highest BCUT2D eigenvalue weighted by atomic mass is 16.2. The van der Waals surface area contributed by atoms with Gasteiger partial charge >= 0.3 is 0 Å². The normalized spacial score (nSPS) is 19.2. The summed E-state index contributed by atoms with van der Waals surface area (Å²) in [7, 11) is 0. The zero-order chi connectivity index (χ0) is 13.0. The molecule has 18 heavy (non-hydrogen) atoms. The summed E-state index contributed by atoms with van der Waals surface area (Å²) in [6.07, 6.45) is 8.95. The zero-order valence-corrected chi connectivity index (χ0v) is 10.9. The molecule has 3 N–H and O–H groups in total. The van der Waals surface area contributed by atoms with Crippen molar-refractivity contribution in [2.45, 2.75) is 57.5 Å². The van der Waals surface area contributed by atoms with Gasteiger partial charge in [-0.05, 0) is 25.8 Å². The van der Waals surface area contributed by atoms with E-state index in [0.29, 0.717) is 11.9 Å². The molecule has 1 aromatic heterocycles. The quantitative estimate of drug-likeness (QED) is 0.804. The van der Waals surface area contributed by atoms with Crippen LogP contribution in [0.5, 0.6) is 0 Å². The standard InChI is InChI=1S/C13H22N4O/c1-10(17-9-8-12(14)16-17)13(18)15-11-6-4-2-3-5-7-11/h8-11H,2-7H2,1H3,(H2,14,16)(H,15,18). The topological polar surface area (TPSA) is 72.9 Å². The summed E-state index contributed by atoms with van der Waals surface area (Å²) < 4.78 is 1.61. The number of amides is 1. The number of carbonyl (C=O) groups excluding carboxylic acids is 1. The average Bonchev–Trinajstić information content (AvgIpc) is 2.62. The fraction of sp³-hybridized carbons (Fsp3) is 0.692. The van der Waals surface area contributed by atoms with Crippen molar-refractivity contribution in [1.29, 1.82) is 0 Å². The van der Waals surface area contributed by atoms with Gasteiger partial charge in [-0.25, -0.2) is 0 Å².